The van der Waals surface area contributed by atoms with E-state index in [4.69, 9.17) is 4.98 Å². The van der Waals surface area contributed by atoms with Crippen molar-refractivity contribution in [3.05, 3.63) is 145 Å². The number of hydrogen-bond acceptors (Lipinski definition) is 2. The fourth-order valence-electron chi connectivity index (χ4n) is 7.11. The predicted molar refractivity (Wildman–Crippen MR) is 192 cm³/mol. The van der Waals surface area contributed by atoms with Crippen LogP contribution >= 0.6 is 0 Å². The van der Waals surface area contributed by atoms with Gasteiger partial charge in [-0.15, -0.1) is 0 Å². The van der Waals surface area contributed by atoms with E-state index in [0.717, 1.165) is 39.3 Å². The van der Waals surface area contributed by atoms with Gasteiger partial charge in [0.05, 0.1) is 27.8 Å². The molecule has 0 fully saturated rings. The van der Waals surface area contributed by atoms with Gasteiger partial charge in [0.15, 0.2) is 0 Å². The molecule has 46 heavy (non-hydrogen) atoms. The first-order valence-electron chi connectivity index (χ1n) is 15.8. The lowest BCUT2D eigenvalue weighted by Crippen LogP contribution is -2.12. The van der Waals surface area contributed by atoms with E-state index in [0.29, 0.717) is 0 Å². The van der Waals surface area contributed by atoms with Crippen molar-refractivity contribution < 1.29 is 0 Å². The Morgan fingerprint density at radius 3 is 2.11 bits per heavy atom. The van der Waals surface area contributed by atoms with Crippen LogP contribution in [0.2, 0.25) is 0 Å². The highest BCUT2D eigenvalue weighted by atomic mass is 15.1. The molecule has 0 spiro atoms. The second-order valence-electron chi connectivity index (χ2n) is 13.2. The molecule has 5 aromatic carbocycles. The van der Waals surface area contributed by atoms with Crippen molar-refractivity contribution in [2.75, 3.05) is 0 Å². The number of rotatable bonds is 3. The maximum absolute atomic E-state index is 4.92. The van der Waals surface area contributed by atoms with Gasteiger partial charge in [-0.2, -0.15) is 0 Å². The van der Waals surface area contributed by atoms with E-state index in [9.17, 15) is 0 Å². The van der Waals surface area contributed by atoms with Crippen LogP contribution in [0.25, 0.3) is 77.1 Å². The van der Waals surface area contributed by atoms with Crippen LogP contribution in [-0.2, 0) is 5.41 Å². The first-order chi connectivity index (χ1) is 22.5. The smallest absolute Gasteiger partial charge is 0.137 e. The minimum absolute atomic E-state index is 0.0126. The van der Waals surface area contributed by atoms with Gasteiger partial charge in [0.25, 0.3) is 0 Å². The highest BCUT2D eigenvalue weighted by Gasteiger charge is 2.20. The van der Waals surface area contributed by atoms with Crippen LogP contribution < -0.4 is 0 Å². The van der Waals surface area contributed by atoms with Crippen LogP contribution in [0.1, 0.15) is 26.3 Å². The zero-order chi connectivity index (χ0) is 31.0. The lowest BCUT2D eigenvalue weighted by molar-refractivity contribution is 0.588. The van der Waals surface area contributed by atoms with Crippen LogP contribution in [-0.4, -0.2) is 19.1 Å². The molecule has 220 valence electrons. The monoisotopic (exact) mass is 592 g/mol. The second-order valence-corrected chi connectivity index (χ2v) is 13.2. The summed E-state index contributed by atoms with van der Waals surface area (Å²) in [6, 6.07) is 45.9. The van der Waals surface area contributed by atoms with Crippen molar-refractivity contribution >= 4 is 54.4 Å². The number of hydrogen-bond donors (Lipinski definition) is 0. The molecular formula is C42H32N4. The lowest BCUT2D eigenvalue weighted by Gasteiger charge is -2.20. The van der Waals surface area contributed by atoms with E-state index in [1.807, 2.05) is 24.5 Å². The van der Waals surface area contributed by atoms with Gasteiger partial charge >= 0.3 is 0 Å². The molecule has 0 saturated heterocycles. The molecule has 0 atom stereocenters. The molecule has 4 aromatic heterocycles. The molecule has 0 unspecified atom stereocenters. The fraction of sp³-hybridized carbons (Fsp3) is 0.0952. The number of pyridine rings is 2. The third-order valence-corrected chi connectivity index (χ3v) is 9.37. The zero-order valence-corrected chi connectivity index (χ0v) is 26.1. The Labute approximate surface area is 267 Å². The summed E-state index contributed by atoms with van der Waals surface area (Å²) in [6.45, 7) is 6.75. The van der Waals surface area contributed by atoms with Gasteiger partial charge < -0.3 is 4.57 Å². The summed E-state index contributed by atoms with van der Waals surface area (Å²) in [5.74, 6) is 0.932. The maximum atomic E-state index is 4.92. The largest absolute Gasteiger partial charge is 0.309 e. The Morgan fingerprint density at radius 2 is 1.26 bits per heavy atom. The third-order valence-electron chi connectivity index (χ3n) is 9.37. The number of para-hydroxylation sites is 1. The van der Waals surface area contributed by atoms with E-state index in [1.165, 1.54) is 43.4 Å². The summed E-state index contributed by atoms with van der Waals surface area (Å²) in [4.78, 5) is 9.59. The Bertz CT molecular complexity index is 2620. The van der Waals surface area contributed by atoms with Gasteiger partial charge in [0.1, 0.15) is 5.82 Å². The third kappa shape index (κ3) is 4.00. The van der Waals surface area contributed by atoms with Crippen LogP contribution in [0, 0.1) is 0 Å². The van der Waals surface area contributed by atoms with Crippen LogP contribution in [0.3, 0.4) is 0 Å². The summed E-state index contributed by atoms with van der Waals surface area (Å²) in [6.07, 6.45) is 3.80. The first-order valence-corrected chi connectivity index (χ1v) is 15.8. The summed E-state index contributed by atoms with van der Waals surface area (Å²) in [5, 5.41) is 7.42. The Balaban J connectivity index is 1.38. The van der Waals surface area contributed by atoms with E-state index >= 15 is 0 Å². The van der Waals surface area contributed by atoms with Crippen molar-refractivity contribution in [2.24, 2.45) is 0 Å². The summed E-state index contributed by atoms with van der Waals surface area (Å²) < 4.78 is 4.75. The van der Waals surface area contributed by atoms with Crippen molar-refractivity contribution in [3.63, 3.8) is 0 Å². The highest BCUT2D eigenvalue weighted by Crippen LogP contribution is 2.40. The number of fused-ring (bicyclic) bond motifs is 8. The molecule has 4 heteroatoms. The fourth-order valence-corrected chi connectivity index (χ4v) is 7.11. The highest BCUT2D eigenvalue weighted by molar-refractivity contribution is 6.22. The van der Waals surface area contributed by atoms with Crippen LogP contribution in [0.5, 0.6) is 0 Å². The minimum atomic E-state index is 0.0126. The van der Waals surface area contributed by atoms with Crippen molar-refractivity contribution in [1.82, 2.24) is 19.1 Å². The number of aromatic nitrogens is 4. The van der Waals surface area contributed by atoms with Crippen molar-refractivity contribution in [3.8, 4) is 22.8 Å². The molecule has 4 heterocycles. The van der Waals surface area contributed by atoms with Gasteiger partial charge in [0.2, 0.25) is 0 Å². The molecule has 0 aliphatic carbocycles. The standard InChI is InChI=1S/C42H32N4/c1-42(2,3)29-21-23-44-40(25-29)46-36-14-7-6-12-32(36)33-19-17-30(26-39(33)46)45-37-20-16-27-10-4-5-11-31(27)41(37)34-18-15-28(24-38(34)45)35-13-8-9-22-43-35/h4-26H,1-3H3. The molecule has 0 N–H and O–H groups in total. The van der Waals surface area contributed by atoms with Gasteiger partial charge in [-0.3, -0.25) is 9.55 Å². The number of nitrogens with zero attached hydrogens (tertiary/aromatic N) is 4. The minimum Gasteiger partial charge on any atom is -0.309 e. The average Bonchev–Trinajstić information content (AvgIpc) is 3.60. The molecule has 4 nitrogen and oxygen atoms in total. The van der Waals surface area contributed by atoms with Gasteiger partial charge in [-0.25, -0.2) is 4.98 Å². The van der Waals surface area contributed by atoms with E-state index < -0.39 is 0 Å². The molecular weight excluding hydrogens is 560 g/mol. The SMILES string of the molecule is CC(C)(C)c1ccnc(-n2c3ccccc3c3ccc(-n4c5cc(-c6ccccn6)ccc5c5c6ccccc6ccc54)cc32)c1. The molecule has 0 aliphatic rings. The molecule has 0 radical (unpaired) electrons. The maximum Gasteiger partial charge on any atom is 0.137 e. The van der Waals surface area contributed by atoms with Crippen molar-refractivity contribution in [1.29, 1.82) is 0 Å². The summed E-state index contributed by atoms with van der Waals surface area (Å²) >= 11 is 0. The Morgan fingerprint density at radius 1 is 0.500 bits per heavy atom. The van der Waals surface area contributed by atoms with Gasteiger partial charge in [0, 0.05) is 45.2 Å². The summed E-state index contributed by atoms with van der Waals surface area (Å²) in [7, 11) is 0. The van der Waals surface area contributed by atoms with E-state index in [1.54, 1.807) is 0 Å². The quantitative estimate of drug-likeness (QED) is 0.205. The molecule has 0 saturated carbocycles. The molecule has 9 rings (SSSR count). The molecule has 0 aliphatic heterocycles. The zero-order valence-electron chi connectivity index (χ0n) is 26.1. The lowest BCUT2D eigenvalue weighted by atomic mass is 9.88. The van der Waals surface area contributed by atoms with Crippen LogP contribution in [0.15, 0.2) is 140 Å². The molecule has 0 amide bonds. The first kappa shape index (κ1) is 26.6. The van der Waals surface area contributed by atoms with Crippen LogP contribution in [0.4, 0.5) is 0 Å². The predicted octanol–water partition coefficient (Wildman–Crippen LogP) is 10.8. The van der Waals surface area contributed by atoms with E-state index in [2.05, 4.69) is 150 Å². The van der Waals surface area contributed by atoms with E-state index in [-0.39, 0.29) is 5.41 Å². The molecule has 9 aromatic rings. The second kappa shape index (κ2) is 9.88. The Hall–Kier alpha value is -5.74. The summed E-state index contributed by atoms with van der Waals surface area (Å²) in [5.41, 5.74) is 9.07. The molecule has 0 bridgehead atoms. The number of benzene rings is 5. The average molecular weight is 593 g/mol. The normalized spacial score (nSPS) is 12.2. The van der Waals surface area contributed by atoms with Gasteiger partial charge in [-0.1, -0.05) is 93.6 Å². The van der Waals surface area contributed by atoms with Crippen molar-refractivity contribution in [2.45, 2.75) is 26.2 Å². The Kier molecular flexibility index (Phi) is 5.72. The van der Waals surface area contributed by atoms with Gasteiger partial charge in [-0.05, 0) is 76.3 Å². The topological polar surface area (TPSA) is 35.6 Å².